The zero-order valence-corrected chi connectivity index (χ0v) is 12.5. The summed E-state index contributed by atoms with van der Waals surface area (Å²) in [5.74, 6) is 0.0879. The van der Waals surface area contributed by atoms with Crippen molar-refractivity contribution in [2.24, 2.45) is 5.92 Å². The van der Waals surface area contributed by atoms with Gasteiger partial charge in [-0.1, -0.05) is 26.7 Å². The molecule has 0 aliphatic heterocycles. The molecule has 6 heteroatoms. The molecule has 2 aromatic rings. The Labute approximate surface area is 127 Å². The number of hydrogen-bond donors (Lipinski definition) is 1. The molecule has 1 heterocycles. The van der Waals surface area contributed by atoms with Crippen molar-refractivity contribution in [3.05, 3.63) is 47.8 Å². The summed E-state index contributed by atoms with van der Waals surface area (Å²) >= 11 is 0. The van der Waals surface area contributed by atoms with E-state index in [0.717, 1.165) is 25.0 Å². The Bertz CT molecular complexity index is 601. The molecule has 1 aromatic carbocycles. The van der Waals surface area contributed by atoms with E-state index in [9.17, 15) is 18.3 Å². The van der Waals surface area contributed by atoms with Crippen LogP contribution in [0.5, 0.6) is 0 Å². The van der Waals surface area contributed by atoms with Gasteiger partial charge >= 0.3 is 6.18 Å². The summed E-state index contributed by atoms with van der Waals surface area (Å²) in [6.07, 6.45) is -1.88. The second-order valence-corrected chi connectivity index (χ2v) is 5.23. The van der Waals surface area contributed by atoms with Crippen LogP contribution in [0.3, 0.4) is 0 Å². The van der Waals surface area contributed by atoms with Crippen LogP contribution in [0, 0.1) is 5.92 Å². The molecule has 0 saturated heterocycles. The van der Waals surface area contributed by atoms with E-state index in [1.807, 2.05) is 13.8 Å². The first kappa shape index (κ1) is 16.5. The molecule has 0 amide bonds. The normalized spacial score (nSPS) is 13.6. The van der Waals surface area contributed by atoms with E-state index in [1.165, 1.54) is 16.8 Å². The molecule has 1 atom stereocenters. The fourth-order valence-electron chi connectivity index (χ4n) is 2.52. The average Bonchev–Trinajstić information content (AvgIpc) is 2.97. The van der Waals surface area contributed by atoms with Gasteiger partial charge in [0.2, 0.25) is 0 Å². The Balaban J connectivity index is 2.33. The first-order chi connectivity index (χ1) is 10.4. The quantitative estimate of drug-likeness (QED) is 0.890. The van der Waals surface area contributed by atoms with E-state index >= 15 is 0 Å². The summed E-state index contributed by atoms with van der Waals surface area (Å²) in [5, 5.41) is 14.6. The molecule has 0 bridgehead atoms. The van der Waals surface area contributed by atoms with Crippen LogP contribution in [0.1, 0.15) is 44.1 Å². The maximum atomic E-state index is 12.6. The van der Waals surface area contributed by atoms with Gasteiger partial charge in [-0.25, -0.2) is 4.68 Å². The molecule has 22 heavy (non-hydrogen) atoms. The van der Waals surface area contributed by atoms with Gasteiger partial charge in [-0.05, 0) is 36.2 Å². The lowest BCUT2D eigenvalue weighted by atomic mass is 9.94. The highest BCUT2D eigenvalue weighted by Gasteiger charge is 2.30. The molecular weight excluding hydrogens is 293 g/mol. The van der Waals surface area contributed by atoms with E-state index in [1.54, 1.807) is 12.3 Å². The van der Waals surface area contributed by atoms with Gasteiger partial charge in [-0.15, -0.1) is 0 Å². The molecule has 0 saturated carbocycles. The first-order valence-electron chi connectivity index (χ1n) is 7.28. The third-order valence-corrected chi connectivity index (χ3v) is 3.91. The molecule has 0 aliphatic carbocycles. The molecule has 120 valence electrons. The van der Waals surface area contributed by atoms with Crippen molar-refractivity contribution in [3.63, 3.8) is 0 Å². The van der Waals surface area contributed by atoms with Crippen molar-refractivity contribution < 1.29 is 18.3 Å². The fourth-order valence-corrected chi connectivity index (χ4v) is 2.52. The maximum Gasteiger partial charge on any atom is 0.416 e. The van der Waals surface area contributed by atoms with E-state index in [-0.39, 0.29) is 5.92 Å². The monoisotopic (exact) mass is 312 g/mol. The third-order valence-electron chi connectivity index (χ3n) is 3.91. The Morgan fingerprint density at radius 1 is 1.09 bits per heavy atom. The van der Waals surface area contributed by atoms with Gasteiger partial charge in [0.25, 0.3) is 0 Å². The molecule has 3 nitrogen and oxygen atoms in total. The number of halogens is 3. The number of benzene rings is 1. The number of aliphatic hydroxyl groups excluding tert-OH is 1. The van der Waals surface area contributed by atoms with E-state index in [4.69, 9.17) is 0 Å². The van der Waals surface area contributed by atoms with Gasteiger partial charge in [0.15, 0.2) is 0 Å². The van der Waals surface area contributed by atoms with Crippen LogP contribution in [0.2, 0.25) is 0 Å². The Morgan fingerprint density at radius 2 is 1.68 bits per heavy atom. The van der Waals surface area contributed by atoms with Crippen molar-refractivity contribution in [1.82, 2.24) is 9.78 Å². The third kappa shape index (κ3) is 3.32. The summed E-state index contributed by atoms with van der Waals surface area (Å²) in [4.78, 5) is 0. The molecule has 0 fully saturated rings. The van der Waals surface area contributed by atoms with Crippen LogP contribution < -0.4 is 0 Å². The minimum absolute atomic E-state index is 0.0879. The lowest BCUT2D eigenvalue weighted by Gasteiger charge is -2.21. The SMILES string of the molecule is CCC(CC)C(O)c1ccnn1-c1ccc(C(F)(F)F)cc1. The highest BCUT2D eigenvalue weighted by Crippen LogP contribution is 2.31. The van der Waals surface area contributed by atoms with Gasteiger partial charge in [0.05, 0.1) is 23.0 Å². The predicted octanol–water partition coefficient (Wildman–Crippen LogP) is 4.36. The Morgan fingerprint density at radius 3 is 2.18 bits per heavy atom. The molecule has 0 aliphatic rings. The molecular formula is C16H19F3N2O. The molecule has 1 unspecified atom stereocenters. The average molecular weight is 312 g/mol. The van der Waals surface area contributed by atoms with Gasteiger partial charge in [-0.2, -0.15) is 18.3 Å². The molecule has 1 N–H and O–H groups in total. The summed E-state index contributed by atoms with van der Waals surface area (Å²) < 4.78 is 39.3. The van der Waals surface area contributed by atoms with Crippen LogP contribution in [0.15, 0.2) is 36.5 Å². The minimum Gasteiger partial charge on any atom is -0.387 e. The smallest absolute Gasteiger partial charge is 0.387 e. The lowest BCUT2D eigenvalue weighted by molar-refractivity contribution is -0.137. The number of aliphatic hydroxyl groups is 1. The molecule has 0 spiro atoms. The summed E-state index contributed by atoms with van der Waals surface area (Å²) in [7, 11) is 0. The van der Waals surface area contributed by atoms with Gasteiger partial charge in [0.1, 0.15) is 0 Å². The Hall–Kier alpha value is -1.82. The Kier molecular flexibility index (Phi) is 4.90. The van der Waals surface area contributed by atoms with Crippen molar-refractivity contribution >= 4 is 0 Å². The largest absolute Gasteiger partial charge is 0.416 e. The van der Waals surface area contributed by atoms with Gasteiger partial charge in [-0.3, -0.25) is 0 Å². The van der Waals surface area contributed by atoms with Crippen LogP contribution in [-0.4, -0.2) is 14.9 Å². The number of nitrogens with zero attached hydrogens (tertiary/aromatic N) is 2. The first-order valence-corrected chi connectivity index (χ1v) is 7.28. The van der Waals surface area contributed by atoms with Crippen molar-refractivity contribution in [2.75, 3.05) is 0 Å². The highest BCUT2D eigenvalue weighted by molar-refractivity contribution is 5.36. The van der Waals surface area contributed by atoms with E-state index in [0.29, 0.717) is 11.4 Å². The van der Waals surface area contributed by atoms with E-state index in [2.05, 4.69) is 5.10 Å². The second-order valence-electron chi connectivity index (χ2n) is 5.23. The van der Waals surface area contributed by atoms with Crippen LogP contribution in [0.25, 0.3) is 5.69 Å². The topological polar surface area (TPSA) is 38.1 Å². The van der Waals surface area contributed by atoms with Crippen LogP contribution in [0.4, 0.5) is 13.2 Å². The summed E-state index contributed by atoms with van der Waals surface area (Å²) in [6.45, 7) is 3.99. The predicted molar refractivity (Wildman–Crippen MR) is 77.6 cm³/mol. The lowest BCUT2D eigenvalue weighted by Crippen LogP contribution is -2.15. The van der Waals surface area contributed by atoms with Crippen molar-refractivity contribution in [2.45, 2.75) is 39.0 Å². The standard InChI is InChI=1S/C16H19F3N2O/c1-3-11(4-2)15(22)14-9-10-20-21(14)13-7-5-12(6-8-13)16(17,18)19/h5-11,15,22H,3-4H2,1-2H3. The van der Waals surface area contributed by atoms with Gasteiger partial charge in [0, 0.05) is 6.20 Å². The van der Waals surface area contributed by atoms with Crippen LogP contribution >= 0.6 is 0 Å². The van der Waals surface area contributed by atoms with Gasteiger partial charge < -0.3 is 5.11 Å². The minimum atomic E-state index is -4.36. The molecule has 1 aromatic heterocycles. The summed E-state index contributed by atoms with van der Waals surface area (Å²) in [5.41, 5.74) is 0.386. The van der Waals surface area contributed by atoms with Crippen LogP contribution in [-0.2, 0) is 6.18 Å². The van der Waals surface area contributed by atoms with E-state index < -0.39 is 17.8 Å². The zero-order valence-electron chi connectivity index (χ0n) is 12.5. The summed E-state index contributed by atoms with van der Waals surface area (Å²) in [6, 6.07) is 6.45. The number of hydrogen-bond acceptors (Lipinski definition) is 2. The van der Waals surface area contributed by atoms with Crippen molar-refractivity contribution in [3.8, 4) is 5.69 Å². The number of aromatic nitrogens is 2. The highest BCUT2D eigenvalue weighted by atomic mass is 19.4. The maximum absolute atomic E-state index is 12.6. The molecule has 0 radical (unpaired) electrons. The fraction of sp³-hybridized carbons (Fsp3) is 0.438. The number of rotatable bonds is 5. The number of alkyl halides is 3. The van der Waals surface area contributed by atoms with Crippen molar-refractivity contribution in [1.29, 1.82) is 0 Å². The second kappa shape index (κ2) is 6.52. The zero-order chi connectivity index (χ0) is 16.3. The molecule has 2 rings (SSSR count).